The molecule has 0 saturated heterocycles. The Morgan fingerprint density at radius 1 is 1.00 bits per heavy atom. The average Bonchev–Trinajstić information content (AvgIpc) is 2.56. The molecule has 2 aromatic carbocycles. The molecule has 0 unspecified atom stereocenters. The fraction of sp³-hybridized carbons (Fsp3) is 0.0588. The van der Waals surface area contributed by atoms with Gasteiger partial charge in [0.1, 0.15) is 17.9 Å². The molecule has 0 spiro atoms. The van der Waals surface area contributed by atoms with Crippen LogP contribution in [0.15, 0.2) is 60.9 Å². The summed E-state index contributed by atoms with van der Waals surface area (Å²) in [5.74, 6) is 1.52. The third-order valence-corrected chi connectivity index (χ3v) is 3.27. The molecule has 0 aliphatic heterocycles. The van der Waals surface area contributed by atoms with E-state index in [4.69, 9.17) is 10.5 Å². The van der Waals surface area contributed by atoms with Gasteiger partial charge in [0.2, 0.25) is 0 Å². The van der Waals surface area contributed by atoms with Crippen molar-refractivity contribution in [2.45, 2.75) is 0 Å². The minimum absolute atomic E-state index is 0.691. The molecule has 0 amide bonds. The second-order valence-electron chi connectivity index (χ2n) is 4.73. The summed E-state index contributed by atoms with van der Waals surface area (Å²) in [4.78, 5) is 8.53. The van der Waals surface area contributed by atoms with Crippen molar-refractivity contribution in [3.8, 4) is 17.0 Å². The van der Waals surface area contributed by atoms with Gasteiger partial charge in [-0.3, -0.25) is 0 Å². The molecule has 0 aliphatic rings. The molecule has 1 heterocycles. The van der Waals surface area contributed by atoms with E-state index < -0.39 is 0 Å². The van der Waals surface area contributed by atoms with E-state index in [1.165, 1.54) is 6.33 Å². The number of hydrogen-bond acceptors (Lipinski definition) is 5. The van der Waals surface area contributed by atoms with Gasteiger partial charge in [-0.1, -0.05) is 18.2 Å². The number of para-hydroxylation sites is 1. The van der Waals surface area contributed by atoms with Crippen molar-refractivity contribution in [1.29, 1.82) is 0 Å². The normalized spacial score (nSPS) is 10.2. The van der Waals surface area contributed by atoms with Crippen molar-refractivity contribution in [2.75, 3.05) is 18.2 Å². The summed E-state index contributed by atoms with van der Waals surface area (Å²) < 4.78 is 5.14. The first-order valence-electron chi connectivity index (χ1n) is 6.84. The van der Waals surface area contributed by atoms with Crippen LogP contribution in [0.25, 0.3) is 11.3 Å². The predicted octanol–water partition coefficient (Wildman–Crippen LogP) is 3.48. The van der Waals surface area contributed by atoms with Gasteiger partial charge in [-0.25, -0.2) is 9.97 Å². The van der Waals surface area contributed by atoms with Crippen molar-refractivity contribution in [2.24, 2.45) is 0 Å². The zero-order valence-corrected chi connectivity index (χ0v) is 12.2. The predicted molar refractivity (Wildman–Crippen MR) is 88.2 cm³/mol. The number of benzene rings is 2. The largest absolute Gasteiger partial charge is 0.497 e. The number of nitrogen functional groups attached to an aromatic ring is 1. The number of nitrogens with one attached hydrogen (secondary N) is 1. The molecule has 3 rings (SSSR count). The Balaban J connectivity index is 1.86. The van der Waals surface area contributed by atoms with E-state index in [1.807, 2.05) is 54.6 Å². The molecule has 0 fully saturated rings. The maximum Gasteiger partial charge on any atom is 0.134 e. The van der Waals surface area contributed by atoms with Crippen molar-refractivity contribution in [3.05, 3.63) is 60.9 Å². The van der Waals surface area contributed by atoms with Crippen molar-refractivity contribution in [1.82, 2.24) is 9.97 Å². The highest BCUT2D eigenvalue weighted by Crippen LogP contribution is 2.26. The van der Waals surface area contributed by atoms with E-state index in [-0.39, 0.29) is 0 Å². The second kappa shape index (κ2) is 6.13. The number of hydrogen-bond donors (Lipinski definition) is 2. The quantitative estimate of drug-likeness (QED) is 0.720. The molecule has 0 atom stereocenters. The highest BCUT2D eigenvalue weighted by molar-refractivity contribution is 5.75. The van der Waals surface area contributed by atoms with Crippen LogP contribution in [0.3, 0.4) is 0 Å². The minimum Gasteiger partial charge on any atom is -0.497 e. The van der Waals surface area contributed by atoms with Crippen LogP contribution in [0.4, 0.5) is 17.2 Å². The highest BCUT2D eigenvalue weighted by Gasteiger charge is 2.05. The Morgan fingerprint density at radius 2 is 1.77 bits per heavy atom. The number of ether oxygens (including phenoxy) is 1. The number of rotatable bonds is 4. The molecule has 0 saturated carbocycles. The average molecular weight is 292 g/mol. The summed E-state index contributed by atoms with van der Waals surface area (Å²) in [6.07, 6.45) is 1.52. The maximum absolute atomic E-state index is 5.99. The number of methoxy groups -OCH3 is 1. The van der Waals surface area contributed by atoms with Gasteiger partial charge in [0.05, 0.1) is 12.8 Å². The lowest BCUT2D eigenvalue weighted by Crippen LogP contribution is -1.97. The SMILES string of the molecule is COc1ccc(Nc2cc(-c3ccccc3N)ncn2)cc1. The van der Waals surface area contributed by atoms with Crippen LogP contribution >= 0.6 is 0 Å². The summed E-state index contributed by atoms with van der Waals surface area (Å²) in [6.45, 7) is 0. The molecule has 0 radical (unpaired) electrons. The van der Waals surface area contributed by atoms with Gasteiger partial charge < -0.3 is 15.8 Å². The van der Waals surface area contributed by atoms with E-state index in [9.17, 15) is 0 Å². The summed E-state index contributed by atoms with van der Waals surface area (Å²) in [7, 11) is 1.64. The van der Waals surface area contributed by atoms with Gasteiger partial charge >= 0.3 is 0 Å². The Morgan fingerprint density at radius 3 is 2.50 bits per heavy atom. The molecule has 110 valence electrons. The first-order valence-corrected chi connectivity index (χ1v) is 6.84. The third kappa shape index (κ3) is 2.98. The minimum atomic E-state index is 0.691. The van der Waals surface area contributed by atoms with Crippen LogP contribution in [0.5, 0.6) is 5.75 Å². The van der Waals surface area contributed by atoms with Crippen LogP contribution in [-0.4, -0.2) is 17.1 Å². The summed E-state index contributed by atoms with van der Waals surface area (Å²) in [6, 6.07) is 17.1. The summed E-state index contributed by atoms with van der Waals surface area (Å²) >= 11 is 0. The molecule has 22 heavy (non-hydrogen) atoms. The molecule has 5 nitrogen and oxygen atoms in total. The van der Waals surface area contributed by atoms with Crippen molar-refractivity contribution >= 4 is 17.2 Å². The smallest absolute Gasteiger partial charge is 0.134 e. The lowest BCUT2D eigenvalue weighted by atomic mass is 10.1. The highest BCUT2D eigenvalue weighted by atomic mass is 16.5. The Bertz CT molecular complexity index is 772. The van der Waals surface area contributed by atoms with E-state index >= 15 is 0 Å². The number of aromatic nitrogens is 2. The zero-order chi connectivity index (χ0) is 15.4. The molecule has 1 aromatic heterocycles. The molecule has 5 heteroatoms. The molecule has 3 N–H and O–H groups in total. The van der Waals surface area contributed by atoms with Gasteiger partial charge in [0.25, 0.3) is 0 Å². The zero-order valence-electron chi connectivity index (χ0n) is 12.2. The van der Waals surface area contributed by atoms with Gasteiger partial charge in [0, 0.05) is 23.0 Å². The van der Waals surface area contributed by atoms with Crippen LogP contribution in [-0.2, 0) is 0 Å². The van der Waals surface area contributed by atoms with Gasteiger partial charge in [0.15, 0.2) is 0 Å². The van der Waals surface area contributed by atoms with Gasteiger partial charge in [-0.15, -0.1) is 0 Å². The molecule has 0 bridgehead atoms. The maximum atomic E-state index is 5.99. The number of anilines is 3. The van der Waals surface area contributed by atoms with Crippen LogP contribution < -0.4 is 15.8 Å². The Labute approximate surface area is 128 Å². The topological polar surface area (TPSA) is 73.1 Å². The molecule has 3 aromatic rings. The second-order valence-corrected chi connectivity index (χ2v) is 4.73. The fourth-order valence-electron chi connectivity index (χ4n) is 2.13. The van der Waals surface area contributed by atoms with E-state index in [1.54, 1.807) is 7.11 Å². The third-order valence-electron chi connectivity index (χ3n) is 3.27. The lowest BCUT2D eigenvalue weighted by molar-refractivity contribution is 0.415. The Kier molecular flexibility index (Phi) is 3.87. The first kappa shape index (κ1) is 13.9. The van der Waals surface area contributed by atoms with E-state index in [2.05, 4.69) is 15.3 Å². The van der Waals surface area contributed by atoms with Gasteiger partial charge in [-0.05, 0) is 30.3 Å². The Hall–Kier alpha value is -3.08. The van der Waals surface area contributed by atoms with Crippen LogP contribution in [0.2, 0.25) is 0 Å². The lowest BCUT2D eigenvalue weighted by Gasteiger charge is -2.09. The standard InChI is InChI=1S/C17H16N4O/c1-22-13-8-6-12(7-9-13)21-17-10-16(19-11-20-17)14-4-2-3-5-15(14)18/h2-11H,18H2,1H3,(H,19,20,21). The van der Waals surface area contributed by atoms with E-state index in [0.29, 0.717) is 11.5 Å². The monoisotopic (exact) mass is 292 g/mol. The molecular weight excluding hydrogens is 276 g/mol. The molecule has 0 aliphatic carbocycles. The number of nitrogens with two attached hydrogens (primary N) is 1. The van der Waals surface area contributed by atoms with Crippen LogP contribution in [0.1, 0.15) is 0 Å². The molecular formula is C17H16N4O. The number of nitrogens with zero attached hydrogens (tertiary/aromatic N) is 2. The fourth-order valence-corrected chi connectivity index (χ4v) is 2.13. The van der Waals surface area contributed by atoms with Crippen molar-refractivity contribution < 1.29 is 4.74 Å². The summed E-state index contributed by atoms with van der Waals surface area (Å²) in [5, 5.41) is 3.24. The van der Waals surface area contributed by atoms with Crippen molar-refractivity contribution in [3.63, 3.8) is 0 Å². The van der Waals surface area contributed by atoms with E-state index in [0.717, 1.165) is 22.7 Å². The van der Waals surface area contributed by atoms with Crippen LogP contribution in [0, 0.1) is 0 Å². The van der Waals surface area contributed by atoms with Gasteiger partial charge in [-0.2, -0.15) is 0 Å². The first-order chi connectivity index (χ1) is 10.8. The summed E-state index contributed by atoms with van der Waals surface area (Å²) in [5.41, 5.74) is 9.28.